The lowest BCUT2D eigenvalue weighted by Gasteiger charge is -2.36. The molecule has 3 aromatic rings. The van der Waals surface area contributed by atoms with Crippen LogP contribution < -0.4 is 29.2 Å². The molecule has 0 saturated carbocycles. The number of nitrogens with zero attached hydrogens (tertiary/aromatic N) is 7. The van der Waals surface area contributed by atoms with Gasteiger partial charge in [0.15, 0.2) is 23.0 Å². The number of carbonyl (C=O) groups is 6. The van der Waals surface area contributed by atoms with Gasteiger partial charge in [0, 0.05) is 101 Å². The van der Waals surface area contributed by atoms with E-state index < -0.39 is 11.8 Å². The summed E-state index contributed by atoms with van der Waals surface area (Å²) in [6.45, 7) is 6.95. The maximum Gasteiger partial charge on any atom is 0.256 e. The molecule has 416 valence electrons. The molecule has 9 rings (SSSR count). The normalized spacial score (nSPS) is 18.5. The molecule has 22 heteroatoms. The fourth-order valence-corrected chi connectivity index (χ4v) is 10.2. The van der Waals surface area contributed by atoms with Crippen LogP contribution in [-0.2, 0) is 51.3 Å². The van der Waals surface area contributed by atoms with E-state index in [4.69, 9.17) is 47.9 Å². The van der Waals surface area contributed by atoms with Crippen LogP contribution >= 0.6 is 0 Å². The van der Waals surface area contributed by atoms with Crippen molar-refractivity contribution in [3.05, 3.63) is 76.9 Å². The number of benzene rings is 3. The van der Waals surface area contributed by atoms with Gasteiger partial charge in [0.25, 0.3) is 23.6 Å². The third-order valence-corrected chi connectivity index (χ3v) is 14.3. The largest absolute Gasteiger partial charge is 0.493 e. The molecule has 0 bridgehead atoms. The molecule has 78 heavy (non-hydrogen) atoms. The van der Waals surface area contributed by atoms with E-state index in [1.165, 1.54) is 12.2 Å². The van der Waals surface area contributed by atoms with Crippen molar-refractivity contribution in [2.24, 2.45) is 9.98 Å². The highest BCUT2D eigenvalue weighted by atomic mass is 16.6. The lowest BCUT2D eigenvalue weighted by Crippen LogP contribution is -2.49. The third kappa shape index (κ3) is 13.8. The Hall–Kier alpha value is -7.40. The van der Waals surface area contributed by atoms with E-state index in [9.17, 15) is 28.8 Å². The molecule has 0 unspecified atom stereocenters. The lowest BCUT2D eigenvalue weighted by molar-refractivity contribution is -0.137. The standard InChI is InChI=1S/C56H68N8O14/c1-71-47-30-43-45(58-34-40-5-3-12-62(40)55(43)69)32-49(47)77-36-38-27-39(37-78-50-33-46-44(31-48(50)72-2)56(70)63-13-4-6-41(63)35-59-46)29-42(28-38)60-15-17-61(18-16-60)52(66)10-19-73-21-23-75-25-26-76-24-22-74-20-11-57-51(65)9-14-64-53(67)7-8-54(64)68/h7-8,27-35,40-41H,3-6,9-26,36-37H2,1-2H3,(H,57,65)/t40-,41-/m0/s1. The minimum absolute atomic E-state index is 0.0118. The van der Waals surface area contributed by atoms with Crippen LogP contribution in [0.4, 0.5) is 17.1 Å². The van der Waals surface area contributed by atoms with Crippen molar-refractivity contribution >= 4 is 64.9 Å². The maximum atomic E-state index is 13.5. The first-order chi connectivity index (χ1) is 38.1. The van der Waals surface area contributed by atoms with Crippen LogP contribution in [-0.4, -0.2) is 199 Å². The van der Waals surface area contributed by atoms with E-state index in [0.717, 1.165) is 47.4 Å². The summed E-state index contributed by atoms with van der Waals surface area (Å²) in [5.41, 5.74) is 4.66. The van der Waals surface area contributed by atoms with Crippen molar-refractivity contribution in [3.8, 4) is 23.0 Å². The number of ether oxygens (including phenoxy) is 8. The fourth-order valence-electron chi connectivity index (χ4n) is 10.2. The number of carbonyl (C=O) groups excluding carboxylic acids is 6. The molecular formula is C56H68N8O14. The smallest absolute Gasteiger partial charge is 0.256 e. The minimum Gasteiger partial charge on any atom is -0.493 e. The average molecular weight is 1080 g/mol. The third-order valence-electron chi connectivity index (χ3n) is 14.3. The first kappa shape index (κ1) is 55.4. The molecular weight excluding hydrogens is 1010 g/mol. The van der Waals surface area contributed by atoms with Gasteiger partial charge < -0.3 is 62.8 Å². The molecule has 3 saturated heterocycles. The Kier molecular flexibility index (Phi) is 19.0. The summed E-state index contributed by atoms with van der Waals surface area (Å²) < 4.78 is 46.8. The first-order valence-electron chi connectivity index (χ1n) is 26.7. The maximum absolute atomic E-state index is 13.5. The number of piperazine rings is 1. The number of hydrogen-bond donors (Lipinski definition) is 1. The van der Waals surface area contributed by atoms with E-state index >= 15 is 0 Å². The van der Waals surface area contributed by atoms with E-state index in [2.05, 4.69) is 22.3 Å². The van der Waals surface area contributed by atoms with Crippen LogP contribution in [0.1, 0.15) is 70.4 Å². The SMILES string of the molecule is COc1cc2c(cc1OCc1cc(COc3cc4c(cc3OC)C(=O)N3CCC[C@H]3C=N4)cc(N3CCN(C(=O)CCOCCOCCOCCOCCNC(=O)CCN4C(=O)C=CC4=O)CC3)c1)N=C[C@@H]1CCCN1C2=O. The second kappa shape index (κ2) is 26.8. The Morgan fingerprint density at radius 1 is 0.577 bits per heavy atom. The molecule has 6 heterocycles. The van der Waals surface area contributed by atoms with Crippen molar-refractivity contribution in [1.29, 1.82) is 0 Å². The van der Waals surface area contributed by atoms with Crippen LogP contribution in [0.25, 0.3) is 0 Å². The Morgan fingerprint density at radius 3 is 1.59 bits per heavy atom. The summed E-state index contributed by atoms with van der Waals surface area (Å²) in [5, 5.41) is 2.69. The quantitative estimate of drug-likeness (QED) is 0.0840. The summed E-state index contributed by atoms with van der Waals surface area (Å²) in [6, 6.07) is 13.0. The van der Waals surface area contributed by atoms with Gasteiger partial charge in [0.1, 0.15) is 13.2 Å². The van der Waals surface area contributed by atoms with Gasteiger partial charge in [0.2, 0.25) is 11.8 Å². The van der Waals surface area contributed by atoms with Gasteiger partial charge in [-0.3, -0.25) is 43.7 Å². The molecule has 6 aliphatic heterocycles. The van der Waals surface area contributed by atoms with Gasteiger partial charge in [-0.25, -0.2) is 0 Å². The van der Waals surface area contributed by atoms with Gasteiger partial charge in [0.05, 0.1) is 108 Å². The summed E-state index contributed by atoms with van der Waals surface area (Å²) in [7, 11) is 3.10. The molecule has 1 N–H and O–H groups in total. The van der Waals surface area contributed by atoms with E-state index in [1.54, 1.807) is 38.5 Å². The van der Waals surface area contributed by atoms with Gasteiger partial charge in [-0.15, -0.1) is 0 Å². The summed E-state index contributed by atoms with van der Waals surface area (Å²) in [5.74, 6) is 0.531. The molecule has 0 radical (unpaired) electrons. The van der Waals surface area contributed by atoms with Gasteiger partial charge >= 0.3 is 0 Å². The Morgan fingerprint density at radius 2 is 1.08 bits per heavy atom. The minimum atomic E-state index is -0.414. The van der Waals surface area contributed by atoms with Crippen LogP contribution in [0.2, 0.25) is 0 Å². The number of aliphatic imine (C=N–C) groups is 2. The van der Waals surface area contributed by atoms with Gasteiger partial charge in [-0.2, -0.15) is 0 Å². The van der Waals surface area contributed by atoms with Crippen molar-refractivity contribution in [2.75, 3.05) is 124 Å². The highest BCUT2D eigenvalue weighted by molar-refractivity contribution is 6.13. The summed E-state index contributed by atoms with van der Waals surface area (Å²) in [6.07, 6.45) is 9.97. The number of imide groups is 1. The zero-order valence-corrected chi connectivity index (χ0v) is 44.3. The van der Waals surface area contributed by atoms with Gasteiger partial charge in [-0.1, -0.05) is 0 Å². The number of amides is 6. The monoisotopic (exact) mass is 1080 g/mol. The van der Waals surface area contributed by atoms with Crippen LogP contribution in [0, 0.1) is 0 Å². The van der Waals surface area contributed by atoms with Gasteiger partial charge in [-0.05, 0) is 67.1 Å². The number of fused-ring (bicyclic) bond motifs is 4. The molecule has 6 amide bonds. The van der Waals surface area contributed by atoms with E-state index in [1.807, 2.05) is 33.2 Å². The predicted molar refractivity (Wildman–Crippen MR) is 286 cm³/mol. The molecule has 2 atom stereocenters. The molecule has 0 aliphatic carbocycles. The number of rotatable bonds is 27. The highest BCUT2D eigenvalue weighted by Crippen LogP contribution is 2.40. The first-order valence-corrected chi connectivity index (χ1v) is 26.7. The van der Waals surface area contributed by atoms with Crippen molar-refractivity contribution in [2.45, 2.75) is 63.8 Å². The van der Waals surface area contributed by atoms with Crippen molar-refractivity contribution < 1.29 is 66.7 Å². The van der Waals surface area contributed by atoms with E-state index in [-0.39, 0.29) is 74.9 Å². The number of nitrogens with one attached hydrogen (secondary N) is 1. The summed E-state index contributed by atoms with van der Waals surface area (Å²) in [4.78, 5) is 93.8. The molecule has 0 spiro atoms. The second-order valence-electron chi connectivity index (χ2n) is 19.4. The van der Waals surface area contributed by atoms with E-state index in [0.29, 0.717) is 138 Å². The zero-order valence-electron chi connectivity index (χ0n) is 44.3. The highest BCUT2D eigenvalue weighted by Gasteiger charge is 2.34. The number of methoxy groups -OCH3 is 2. The topological polar surface area (TPSA) is 229 Å². The molecule has 22 nitrogen and oxygen atoms in total. The summed E-state index contributed by atoms with van der Waals surface area (Å²) >= 11 is 0. The Labute approximate surface area is 453 Å². The van der Waals surface area contributed by atoms with Crippen LogP contribution in [0.5, 0.6) is 23.0 Å². The predicted octanol–water partition coefficient (Wildman–Crippen LogP) is 4.04. The Bertz CT molecular complexity index is 2640. The fraction of sp³-hybridized carbons (Fsp3) is 0.500. The molecule has 3 fully saturated rings. The van der Waals surface area contributed by atoms with Crippen LogP contribution in [0.3, 0.4) is 0 Å². The average Bonchev–Trinajstić information content (AvgIpc) is 4.30. The Balaban J connectivity index is 0.730. The van der Waals surface area contributed by atoms with Crippen molar-refractivity contribution in [3.63, 3.8) is 0 Å². The van der Waals surface area contributed by atoms with Crippen molar-refractivity contribution in [1.82, 2.24) is 24.9 Å². The van der Waals surface area contributed by atoms with Crippen LogP contribution in [0.15, 0.2) is 64.6 Å². The number of anilines is 1. The molecule has 3 aromatic carbocycles. The lowest BCUT2D eigenvalue weighted by atomic mass is 10.1. The second-order valence-corrected chi connectivity index (χ2v) is 19.4. The zero-order chi connectivity index (χ0) is 54.4. The number of hydrogen-bond acceptors (Lipinski definition) is 17. The molecule has 0 aromatic heterocycles. The molecule has 6 aliphatic rings.